The second kappa shape index (κ2) is 10.1. The molecule has 0 radical (unpaired) electrons. The number of benzene rings is 3. The van der Waals surface area contributed by atoms with Crippen LogP contribution in [0.1, 0.15) is 18.1 Å². The van der Waals surface area contributed by atoms with Crippen molar-refractivity contribution in [3.8, 4) is 10.6 Å². The molecule has 3 aromatic carbocycles. The zero-order valence-corrected chi connectivity index (χ0v) is 18.1. The third kappa shape index (κ3) is 5.63. The van der Waals surface area contributed by atoms with Gasteiger partial charge in [-0.05, 0) is 18.1 Å². The quantitative estimate of drug-likeness (QED) is 0.417. The Balaban J connectivity index is 1.48. The lowest BCUT2D eigenvalue weighted by atomic mass is 10.1. The Labute approximate surface area is 186 Å². The van der Waals surface area contributed by atoms with Gasteiger partial charge in [0.25, 0.3) is 0 Å². The highest BCUT2D eigenvalue weighted by molar-refractivity contribution is 7.18. The van der Waals surface area contributed by atoms with Crippen LogP contribution in [0.15, 0.2) is 91.0 Å². The van der Waals surface area contributed by atoms with Crippen molar-refractivity contribution in [1.82, 2.24) is 15.1 Å². The zero-order chi connectivity index (χ0) is 21.5. The van der Waals surface area contributed by atoms with Crippen LogP contribution >= 0.6 is 11.3 Å². The van der Waals surface area contributed by atoms with Gasteiger partial charge in [-0.3, -0.25) is 15.0 Å². The van der Waals surface area contributed by atoms with E-state index in [9.17, 15) is 4.79 Å². The molecule has 1 heterocycles. The number of carbonyl (C=O) groups excluding carboxylic acids is 1. The first-order valence-electron chi connectivity index (χ1n) is 10.2. The minimum Gasteiger partial charge on any atom is -0.299 e. The summed E-state index contributed by atoms with van der Waals surface area (Å²) in [6, 6.07) is 29.9. The maximum atomic E-state index is 13.1. The molecule has 1 N–H and O–H groups in total. The maximum Gasteiger partial charge on any atom is 0.243 e. The van der Waals surface area contributed by atoms with Crippen LogP contribution in [0.25, 0.3) is 10.6 Å². The van der Waals surface area contributed by atoms with Crippen molar-refractivity contribution in [2.75, 3.05) is 5.32 Å². The molecule has 31 heavy (non-hydrogen) atoms. The fraction of sp³-hybridized carbons (Fsp3) is 0.160. The fourth-order valence-corrected chi connectivity index (χ4v) is 4.06. The topological polar surface area (TPSA) is 58.1 Å². The highest BCUT2D eigenvalue weighted by Crippen LogP contribution is 2.26. The molecule has 0 bridgehead atoms. The van der Waals surface area contributed by atoms with E-state index < -0.39 is 0 Å². The number of hydrogen-bond acceptors (Lipinski definition) is 5. The van der Waals surface area contributed by atoms with Gasteiger partial charge in [0.2, 0.25) is 11.0 Å². The van der Waals surface area contributed by atoms with Crippen LogP contribution in [-0.4, -0.2) is 27.0 Å². The number of nitrogens with one attached hydrogen (secondary N) is 1. The summed E-state index contributed by atoms with van der Waals surface area (Å²) in [4.78, 5) is 15.2. The maximum absolute atomic E-state index is 13.1. The third-order valence-electron chi connectivity index (χ3n) is 5.06. The Morgan fingerprint density at radius 3 is 1.90 bits per heavy atom. The van der Waals surface area contributed by atoms with Crippen LogP contribution in [0.4, 0.5) is 5.13 Å². The summed E-state index contributed by atoms with van der Waals surface area (Å²) in [7, 11) is 0. The lowest BCUT2D eigenvalue weighted by Crippen LogP contribution is -2.41. The van der Waals surface area contributed by atoms with Crippen LogP contribution in [0.3, 0.4) is 0 Å². The third-order valence-corrected chi connectivity index (χ3v) is 5.95. The Hall–Kier alpha value is -3.35. The number of carbonyl (C=O) groups is 1. The smallest absolute Gasteiger partial charge is 0.243 e. The molecule has 1 unspecified atom stereocenters. The van der Waals surface area contributed by atoms with Gasteiger partial charge >= 0.3 is 0 Å². The van der Waals surface area contributed by atoms with Crippen LogP contribution < -0.4 is 5.32 Å². The Kier molecular flexibility index (Phi) is 6.82. The number of hydrogen-bond donors (Lipinski definition) is 1. The van der Waals surface area contributed by atoms with Gasteiger partial charge in [-0.15, -0.1) is 10.2 Å². The molecule has 0 saturated heterocycles. The Bertz CT molecular complexity index is 1060. The molecule has 156 valence electrons. The molecule has 0 aliphatic carbocycles. The van der Waals surface area contributed by atoms with Gasteiger partial charge in [0.05, 0.1) is 6.04 Å². The molecule has 0 saturated carbocycles. The molecule has 0 aliphatic rings. The predicted octanol–water partition coefficient (Wildman–Crippen LogP) is 5.23. The highest BCUT2D eigenvalue weighted by Gasteiger charge is 2.23. The van der Waals surface area contributed by atoms with Crippen molar-refractivity contribution >= 4 is 22.4 Å². The van der Waals surface area contributed by atoms with Crippen molar-refractivity contribution in [1.29, 1.82) is 0 Å². The molecule has 1 aromatic heterocycles. The second-order valence-corrected chi connectivity index (χ2v) is 8.30. The van der Waals surface area contributed by atoms with Crippen LogP contribution in [0.5, 0.6) is 0 Å². The van der Waals surface area contributed by atoms with Crippen LogP contribution in [0, 0.1) is 0 Å². The average molecular weight is 429 g/mol. The summed E-state index contributed by atoms with van der Waals surface area (Å²) >= 11 is 1.38. The van der Waals surface area contributed by atoms with E-state index in [1.54, 1.807) is 0 Å². The number of amides is 1. The summed E-state index contributed by atoms with van der Waals surface area (Å²) in [5, 5.41) is 12.6. The van der Waals surface area contributed by atoms with Crippen LogP contribution in [-0.2, 0) is 17.9 Å². The van der Waals surface area contributed by atoms with E-state index in [-0.39, 0.29) is 11.9 Å². The molecular weight excluding hydrogens is 404 g/mol. The summed E-state index contributed by atoms with van der Waals surface area (Å²) in [6.45, 7) is 3.28. The summed E-state index contributed by atoms with van der Waals surface area (Å²) in [5.41, 5.74) is 3.32. The predicted molar refractivity (Wildman–Crippen MR) is 126 cm³/mol. The summed E-state index contributed by atoms with van der Waals surface area (Å²) in [5.74, 6) is -0.0948. The first-order valence-corrected chi connectivity index (χ1v) is 11.0. The minimum atomic E-state index is -0.343. The van der Waals surface area contributed by atoms with Crippen molar-refractivity contribution in [2.45, 2.75) is 26.1 Å². The van der Waals surface area contributed by atoms with E-state index in [0.717, 1.165) is 10.6 Å². The van der Waals surface area contributed by atoms with E-state index >= 15 is 0 Å². The highest BCUT2D eigenvalue weighted by atomic mass is 32.1. The Morgan fingerprint density at radius 1 is 0.839 bits per heavy atom. The second-order valence-electron chi connectivity index (χ2n) is 7.32. The molecule has 5 nitrogen and oxygen atoms in total. The van der Waals surface area contributed by atoms with Gasteiger partial charge in [-0.1, -0.05) is 102 Å². The van der Waals surface area contributed by atoms with Gasteiger partial charge in [0, 0.05) is 18.7 Å². The molecule has 0 fully saturated rings. The molecule has 6 heteroatoms. The van der Waals surface area contributed by atoms with Gasteiger partial charge in [-0.25, -0.2) is 0 Å². The largest absolute Gasteiger partial charge is 0.299 e. The molecule has 4 aromatic rings. The number of aromatic nitrogens is 2. The lowest BCUT2D eigenvalue weighted by molar-refractivity contribution is -0.121. The minimum absolute atomic E-state index is 0.0948. The normalized spacial score (nSPS) is 11.9. The van der Waals surface area contributed by atoms with Crippen LogP contribution in [0.2, 0.25) is 0 Å². The molecule has 1 amide bonds. The van der Waals surface area contributed by atoms with Gasteiger partial charge in [0.15, 0.2) is 0 Å². The first-order chi connectivity index (χ1) is 15.2. The Morgan fingerprint density at radius 2 is 1.35 bits per heavy atom. The van der Waals surface area contributed by atoms with E-state index in [1.807, 2.05) is 73.7 Å². The molecular formula is C25H24N4OS. The number of nitrogens with zero attached hydrogens (tertiary/aromatic N) is 3. The average Bonchev–Trinajstić information content (AvgIpc) is 3.28. The molecule has 0 aliphatic heterocycles. The van der Waals surface area contributed by atoms with Gasteiger partial charge < -0.3 is 0 Å². The van der Waals surface area contributed by atoms with E-state index in [4.69, 9.17) is 0 Å². The van der Waals surface area contributed by atoms with Gasteiger partial charge in [0.1, 0.15) is 5.01 Å². The van der Waals surface area contributed by atoms with Gasteiger partial charge in [-0.2, -0.15) is 0 Å². The monoisotopic (exact) mass is 428 g/mol. The summed E-state index contributed by atoms with van der Waals surface area (Å²) < 4.78 is 0. The SMILES string of the molecule is CC(C(=O)Nc1nnc(-c2ccccc2)s1)N(Cc1ccccc1)Cc1ccccc1. The number of rotatable bonds is 8. The molecule has 4 rings (SSSR count). The van der Waals surface area contributed by atoms with Crippen molar-refractivity contribution in [2.24, 2.45) is 0 Å². The standard InChI is InChI=1S/C25H24N4OS/c1-19(23(30)26-25-28-27-24(31-25)22-15-9-4-10-16-22)29(17-20-11-5-2-6-12-20)18-21-13-7-3-8-14-21/h2-16,19H,17-18H2,1H3,(H,26,28,30). The van der Waals surface area contributed by atoms with Crippen molar-refractivity contribution in [3.63, 3.8) is 0 Å². The molecule has 1 atom stereocenters. The van der Waals surface area contributed by atoms with E-state index in [2.05, 4.69) is 44.7 Å². The zero-order valence-electron chi connectivity index (χ0n) is 17.3. The first kappa shape index (κ1) is 20.9. The van der Waals surface area contributed by atoms with E-state index in [1.165, 1.54) is 22.5 Å². The molecule has 0 spiro atoms. The number of anilines is 1. The lowest BCUT2D eigenvalue weighted by Gasteiger charge is -2.28. The fourth-order valence-electron chi connectivity index (χ4n) is 3.31. The summed E-state index contributed by atoms with van der Waals surface area (Å²) in [6.07, 6.45) is 0. The van der Waals surface area contributed by atoms with Crippen molar-refractivity contribution in [3.05, 3.63) is 102 Å². The van der Waals surface area contributed by atoms with E-state index in [0.29, 0.717) is 18.2 Å². The van der Waals surface area contributed by atoms with Crippen molar-refractivity contribution < 1.29 is 4.79 Å².